The van der Waals surface area contributed by atoms with Gasteiger partial charge in [0.05, 0.1) is 22.2 Å². The number of phenols is 1. The van der Waals surface area contributed by atoms with E-state index >= 15 is 4.39 Å². The van der Waals surface area contributed by atoms with Crippen LogP contribution in [-0.4, -0.2) is 88.7 Å². The molecule has 0 spiro atoms. The predicted octanol–water partition coefficient (Wildman–Crippen LogP) is 8.93. The molecule has 14 heteroatoms. The molecule has 2 aromatic heterocycles. The smallest absolute Gasteiger partial charge is 0.414 e. The largest absolute Gasteiger partial charge is 0.508 e. The number of hydrogen-bond donors (Lipinski definition) is 3. The highest BCUT2D eigenvalue weighted by atomic mass is 19.4. The van der Waals surface area contributed by atoms with Crippen molar-refractivity contribution in [1.82, 2.24) is 25.2 Å². The maximum absolute atomic E-state index is 16.8. The Hall–Kier alpha value is -4.32. The summed E-state index contributed by atoms with van der Waals surface area (Å²) >= 11 is 0. The molecule has 3 aliphatic heterocycles. The predicted molar refractivity (Wildman–Crippen MR) is 212 cm³/mol. The van der Waals surface area contributed by atoms with Crippen LogP contribution in [0.5, 0.6) is 11.8 Å². The van der Waals surface area contributed by atoms with Crippen molar-refractivity contribution in [1.29, 1.82) is 0 Å². The van der Waals surface area contributed by atoms with E-state index in [1.807, 2.05) is 13.8 Å². The summed E-state index contributed by atoms with van der Waals surface area (Å²) in [5, 5.41) is 19.0. The van der Waals surface area contributed by atoms with E-state index in [1.165, 1.54) is 24.3 Å². The second kappa shape index (κ2) is 18.1. The van der Waals surface area contributed by atoms with Gasteiger partial charge in [0.25, 0.3) is 0 Å². The Kier molecular flexibility index (Phi) is 13.4. The van der Waals surface area contributed by atoms with Crippen molar-refractivity contribution in [2.24, 2.45) is 5.92 Å². The molecule has 9 nitrogen and oxygen atoms in total. The average molecular weight is 797 g/mol. The molecule has 308 valence electrons. The molecular formula is C43H53F5N6O3. The summed E-state index contributed by atoms with van der Waals surface area (Å²) in [5.41, 5.74) is 0.806. The van der Waals surface area contributed by atoms with E-state index in [4.69, 9.17) is 21.1 Å². The Labute approximate surface area is 331 Å². The van der Waals surface area contributed by atoms with Crippen molar-refractivity contribution in [3.8, 4) is 35.4 Å². The average Bonchev–Trinajstić information content (AvgIpc) is 3.86. The number of halogens is 5. The van der Waals surface area contributed by atoms with Crippen LogP contribution in [0.4, 0.5) is 27.8 Å². The van der Waals surface area contributed by atoms with Gasteiger partial charge in [0.1, 0.15) is 35.2 Å². The van der Waals surface area contributed by atoms with Gasteiger partial charge in [-0.1, -0.05) is 39.2 Å². The molecule has 8 rings (SSSR count). The molecule has 1 saturated carbocycles. The van der Waals surface area contributed by atoms with Crippen molar-refractivity contribution >= 4 is 27.5 Å². The zero-order valence-corrected chi connectivity index (χ0v) is 33.2. The molecule has 0 radical (unpaired) electrons. The van der Waals surface area contributed by atoms with Gasteiger partial charge in [-0.05, 0) is 107 Å². The van der Waals surface area contributed by atoms with Crippen LogP contribution in [0, 0.1) is 29.9 Å². The third-order valence-corrected chi connectivity index (χ3v) is 11.4. The van der Waals surface area contributed by atoms with Gasteiger partial charge in [-0.25, -0.2) is 13.8 Å². The van der Waals surface area contributed by atoms with Crippen molar-refractivity contribution in [3.63, 3.8) is 0 Å². The maximum atomic E-state index is 16.8. The number of nitrogens with zero attached hydrogens (tertiary/aromatic N) is 4. The number of benzene rings is 2. The first-order valence-corrected chi connectivity index (χ1v) is 20.2. The molecule has 3 N–H and O–H groups in total. The highest BCUT2D eigenvalue weighted by Gasteiger charge is 2.49. The van der Waals surface area contributed by atoms with E-state index in [-0.39, 0.29) is 51.6 Å². The number of aromatic hydroxyl groups is 1. The monoisotopic (exact) mass is 796 g/mol. The number of methoxy groups -OCH3 is 1. The molecule has 0 amide bonds. The molecule has 4 aromatic rings. The van der Waals surface area contributed by atoms with Crippen LogP contribution in [0.3, 0.4) is 0 Å². The van der Waals surface area contributed by atoms with Crippen molar-refractivity contribution in [2.75, 3.05) is 45.2 Å². The van der Waals surface area contributed by atoms with Crippen LogP contribution in [0.1, 0.15) is 89.8 Å². The zero-order valence-electron chi connectivity index (χ0n) is 33.2. The van der Waals surface area contributed by atoms with E-state index in [2.05, 4.69) is 38.1 Å². The fourth-order valence-corrected chi connectivity index (χ4v) is 8.47. The third kappa shape index (κ3) is 9.06. The summed E-state index contributed by atoms with van der Waals surface area (Å²) in [4.78, 5) is 16.8. The Morgan fingerprint density at radius 3 is 2.44 bits per heavy atom. The highest BCUT2D eigenvalue weighted by Crippen LogP contribution is 2.43. The minimum atomic E-state index is -4.17. The van der Waals surface area contributed by atoms with E-state index in [0.29, 0.717) is 60.1 Å². The van der Waals surface area contributed by atoms with E-state index in [1.54, 1.807) is 0 Å². The van der Waals surface area contributed by atoms with Crippen LogP contribution in [0.2, 0.25) is 0 Å². The lowest BCUT2D eigenvalue weighted by Crippen LogP contribution is -2.43. The van der Waals surface area contributed by atoms with E-state index < -0.39 is 23.9 Å². The minimum absolute atomic E-state index is 0.0149. The number of alkyl halides is 3. The van der Waals surface area contributed by atoms with Gasteiger partial charge in [0.2, 0.25) is 0 Å². The molecule has 4 aliphatic rings. The van der Waals surface area contributed by atoms with Crippen LogP contribution < -0.4 is 15.4 Å². The second-order valence-corrected chi connectivity index (χ2v) is 15.1. The molecule has 57 heavy (non-hydrogen) atoms. The van der Waals surface area contributed by atoms with Crippen LogP contribution in [0.15, 0.2) is 24.3 Å². The Morgan fingerprint density at radius 2 is 1.81 bits per heavy atom. The van der Waals surface area contributed by atoms with Crippen molar-refractivity contribution in [3.05, 3.63) is 47.2 Å². The topological polar surface area (TPSA) is 105 Å². The number of fused-ring (bicyclic) bond motifs is 2. The van der Waals surface area contributed by atoms with E-state index in [0.717, 1.165) is 71.7 Å². The minimum Gasteiger partial charge on any atom is -0.508 e. The Morgan fingerprint density at radius 1 is 1.07 bits per heavy atom. The fourth-order valence-electron chi connectivity index (χ4n) is 8.47. The van der Waals surface area contributed by atoms with Gasteiger partial charge in [0, 0.05) is 30.6 Å². The molecule has 1 aliphatic carbocycles. The molecule has 3 fully saturated rings. The van der Waals surface area contributed by atoms with Crippen LogP contribution in [-0.2, 0) is 11.2 Å². The Balaban J connectivity index is 0.000000397. The van der Waals surface area contributed by atoms with Gasteiger partial charge in [0.15, 0.2) is 11.9 Å². The first-order valence-electron chi connectivity index (χ1n) is 20.2. The molecule has 2 saturated heterocycles. The number of terminal acetylenes is 1. The van der Waals surface area contributed by atoms with Gasteiger partial charge < -0.3 is 25.2 Å². The third-order valence-electron chi connectivity index (χ3n) is 11.4. The summed E-state index contributed by atoms with van der Waals surface area (Å²) in [6, 6.07) is 5.76. The molecular weight excluding hydrogens is 744 g/mol. The lowest BCUT2D eigenvalue weighted by molar-refractivity contribution is -0.218. The van der Waals surface area contributed by atoms with Gasteiger partial charge in [-0.2, -0.15) is 23.1 Å². The second-order valence-electron chi connectivity index (χ2n) is 15.1. The number of aryl methyl sites for hydroxylation is 1. The lowest BCUT2D eigenvalue weighted by Gasteiger charge is -2.31. The number of unbranched alkanes of at least 4 members (excludes halogenated alkanes) is 1. The first-order chi connectivity index (χ1) is 27.5. The molecule has 0 bridgehead atoms. The summed E-state index contributed by atoms with van der Waals surface area (Å²) in [7, 11) is 1.11. The molecule has 2 atom stereocenters. The standard InChI is InChI=1S/C35H38F2N6O2.C6H9F3O.C2H6/c1-3-5-14-38-19-22-9-11-27-29-32(41-34(42-33(29)39-22)45-20-35-12-6-15-43(35)16-7-13-35)30(37)31(40-27)25-18-23(44)17-21-8-10-26(36)24(4-2)28(21)25;1-10-5(4-2-3-4)6(7,8)9;1-2/h2,8,10,17-18,22,38,44H,3,5-7,9,11-16,19-20H2,1H3,(H,39,41,42);4-5H,2-3H2,1H3;1-2H3. The number of nitrogens with one attached hydrogen (secondary N) is 2. The number of phenolic OH excluding ortho intramolecular Hbond substituents is 1. The van der Waals surface area contributed by atoms with Gasteiger partial charge >= 0.3 is 12.2 Å². The summed E-state index contributed by atoms with van der Waals surface area (Å²) < 4.78 is 78.0. The van der Waals surface area contributed by atoms with Gasteiger partial charge in [-0.15, -0.1) is 6.42 Å². The normalized spacial score (nSPS) is 19.1. The first kappa shape index (κ1) is 42.3. The fraction of sp³-hybridized carbons (Fsp3) is 0.558. The summed E-state index contributed by atoms with van der Waals surface area (Å²) in [6.45, 7) is 10.3. The Bertz CT molecular complexity index is 2080. The molecule has 5 heterocycles. The van der Waals surface area contributed by atoms with Crippen molar-refractivity contribution in [2.45, 2.75) is 109 Å². The van der Waals surface area contributed by atoms with Crippen molar-refractivity contribution < 1.29 is 36.5 Å². The van der Waals surface area contributed by atoms with E-state index in [9.17, 15) is 22.7 Å². The highest BCUT2D eigenvalue weighted by molar-refractivity contribution is 6.03. The van der Waals surface area contributed by atoms with Crippen LogP contribution >= 0.6 is 0 Å². The number of pyridine rings is 1. The maximum Gasteiger partial charge on any atom is 0.414 e. The van der Waals surface area contributed by atoms with Gasteiger partial charge in [-0.3, -0.25) is 4.90 Å². The number of anilines is 1. The molecule has 2 unspecified atom stereocenters. The summed E-state index contributed by atoms with van der Waals surface area (Å²) in [5.74, 6) is 1.22. The quantitative estimate of drug-likeness (QED) is 0.0780. The molecule has 2 aromatic carbocycles. The SMILES string of the molecule is C#Cc1c(F)ccc2cc(O)cc(-c3nc4c5c(nc(OCC67CCCN6CCC7)nc5c3F)NC(CNCCCC)CC4)c12.CC.COC(C1CC1)C(F)(F)F. The number of rotatable bonds is 11. The number of hydrogen-bond acceptors (Lipinski definition) is 9. The van der Waals surface area contributed by atoms with Crippen LogP contribution in [0.25, 0.3) is 32.9 Å². The summed E-state index contributed by atoms with van der Waals surface area (Å²) in [6.07, 6.45) is 9.16. The lowest BCUT2D eigenvalue weighted by atomic mass is 9.95. The number of aromatic nitrogens is 3. The number of ether oxygens (including phenoxy) is 2. The zero-order chi connectivity index (χ0) is 40.9.